The molecule has 3 aliphatic rings. The van der Waals surface area contributed by atoms with E-state index in [2.05, 4.69) is 65.8 Å². The number of rotatable bonds is 0. The van der Waals surface area contributed by atoms with Crippen LogP contribution in [0.2, 0.25) is 0 Å². The van der Waals surface area contributed by atoms with E-state index in [0.29, 0.717) is 10.8 Å². The molecule has 0 aliphatic heterocycles. The van der Waals surface area contributed by atoms with Crippen molar-refractivity contribution < 1.29 is 49.0 Å². The van der Waals surface area contributed by atoms with Gasteiger partial charge in [-0.1, -0.05) is 90.9 Å². The van der Waals surface area contributed by atoms with Crippen molar-refractivity contribution in [3.8, 4) is 0 Å². The first-order valence-corrected chi connectivity index (χ1v) is 13.9. The Morgan fingerprint density at radius 2 is 1.03 bits per heavy atom. The Balaban J connectivity index is 0.000000249. The van der Waals surface area contributed by atoms with Crippen LogP contribution in [-0.2, 0) is 47.9 Å². The maximum atomic E-state index is 2.37. The van der Waals surface area contributed by atoms with Crippen LogP contribution in [0, 0.1) is 13.8 Å². The molecule has 0 N–H and O–H groups in total. The molecule has 0 heterocycles. The zero-order valence-electron chi connectivity index (χ0n) is 21.8. The molecular formula is C30H44Cl2Zr-2. The molecule has 0 spiro atoms. The van der Waals surface area contributed by atoms with E-state index in [0.717, 1.165) is 0 Å². The van der Waals surface area contributed by atoms with E-state index < -0.39 is 0 Å². The second kappa shape index (κ2) is 13.4. The molecule has 0 radical (unpaired) electrons. The van der Waals surface area contributed by atoms with Crippen molar-refractivity contribution in [3.63, 3.8) is 0 Å². The predicted molar refractivity (Wildman–Crippen MR) is 134 cm³/mol. The Bertz CT molecular complexity index is 811. The van der Waals surface area contributed by atoms with E-state index in [4.69, 9.17) is 0 Å². The second-order valence-electron chi connectivity index (χ2n) is 11.6. The normalized spacial score (nSPS) is 19.8. The van der Waals surface area contributed by atoms with Gasteiger partial charge < -0.3 is 24.8 Å². The van der Waals surface area contributed by atoms with Crippen LogP contribution >= 0.6 is 0 Å². The fraction of sp³-hybridized carbons (Fsp3) is 0.633. The van der Waals surface area contributed by atoms with Crippen molar-refractivity contribution in [1.82, 2.24) is 0 Å². The molecule has 3 heteroatoms. The van der Waals surface area contributed by atoms with Gasteiger partial charge in [0.1, 0.15) is 0 Å². The molecule has 0 amide bonds. The molecule has 2 aromatic carbocycles. The van der Waals surface area contributed by atoms with Gasteiger partial charge in [0.25, 0.3) is 0 Å². The fourth-order valence-corrected chi connectivity index (χ4v) is 6.66. The first kappa shape index (κ1) is 31.1. The van der Waals surface area contributed by atoms with E-state index in [-0.39, 0.29) is 24.8 Å². The molecule has 0 saturated heterocycles. The van der Waals surface area contributed by atoms with Crippen LogP contribution in [0.4, 0.5) is 0 Å². The molecule has 0 bridgehead atoms. The average Bonchev–Trinajstić information content (AvgIpc) is 3.26. The Morgan fingerprint density at radius 3 is 1.33 bits per heavy atom. The van der Waals surface area contributed by atoms with Gasteiger partial charge in [-0.05, 0) is 0 Å². The van der Waals surface area contributed by atoms with Crippen LogP contribution < -0.4 is 24.8 Å². The van der Waals surface area contributed by atoms with Crippen molar-refractivity contribution in [2.24, 2.45) is 0 Å². The standard InChI is InChI=1S/2C12H17.C6H10.2ClH.Zr/c2*1-9-7-10-5-4-6-12(2,3)11(10)8-9;1-2-4-6-5-3-1;;;/h2*7-8H,4-6H2,1-3H3;1-5H2;2*1H;/q2*-1;;;;+2/p-2. The molecule has 2 aromatic rings. The van der Waals surface area contributed by atoms with Gasteiger partial charge in [0.05, 0.1) is 0 Å². The Hall–Kier alpha value is 0.0331. The van der Waals surface area contributed by atoms with Gasteiger partial charge in [-0.15, -0.1) is 0 Å². The molecule has 0 unspecified atom stereocenters. The number of aryl methyl sites for hydroxylation is 4. The van der Waals surface area contributed by atoms with Gasteiger partial charge in [-0.2, -0.15) is 45.5 Å². The maximum absolute atomic E-state index is 2.37. The van der Waals surface area contributed by atoms with E-state index in [1.165, 1.54) is 81.8 Å². The summed E-state index contributed by atoms with van der Waals surface area (Å²) in [4.78, 5) is 0. The van der Waals surface area contributed by atoms with Gasteiger partial charge in [-0.3, -0.25) is 0 Å². The van der Waals surface area contributed by atoms with Crippen molar-refractivity contribution >= 4 is 3.21 Å². The summed E-state index contributed by atoms with van der Waals surface area (Å²) in [7, 11) is 0. The summed E-state index contributed by atoms with van der Waals surface area (Å²) in [5, 5.41) is 0. The third-order valence-electron chi connectivity index (χ3n) is 7.65. The average molecular weight is 567 g/mol. The fourth-order valence-electron chi connectivity index (χ4n) is 5.79. The van der Waals surface area contributed by atoms with Gasteiger partial charge >= 0.3 is 59.5 Å². The van der Waals surface area contributed by atoms with Crippen molar-refractivity contribution in [3.05, 3.63) is 57.6 Å². The van der Waals surface area contributed by atoms with Crippen LogP contribution in [-0.4, -0.2) is 3.21 Å². The second-order valence-corrected chi connectivity index (χ2v) is 13.3. The summed E-state index contributed by atoms with van der Waals surface area (Å²) in [6.45, 7) is 13.9. The first-order chi connectivity index (χ1) is 14.6. The van der Waals surface area contributed by atoms with E-state index in [1.54, 1.807) is 49.7 Å². The SMILES string of the molecule is Cc1cc2c([cH-]1)CCCC2(C)C.Cc1cc2c([cH-]1)CCCC2(C)C.[Cl-].[Cl-].[Zr+2]=[C]1CCCCC1. The molecule has 3 aliphatic carbocycles. The van der Waals surface area contributed by atoms with Crippen molar-refractivity contribution in [2.45, 2.75) is 123 Å². The van der Waals surface area contributed by atoms with Crippen molar-refractivity contribution in [2.75, 3.05) is 0 Å². The van der Waals surface area contributed by atoms with Crippen LogP contribution in [0.1, 0.15) is 119 Å². The minimum atomic E-state index is 0. The number of hydrogen-bond acceptors (Lipinski definition) is 0. The molecule has 0 atom stereocenters. The summed E-state index contributed by atoms with van der Waals surface area (Å²) in [6, 6.07) is 9.45. The molecule has 184 valence electrons. The Morgan fingerprint density at radius 1 is 0.636 bits per heavy atom. The number of halogens is 2. The molecule has 1 saturated carbocycles. The summed E-state index contributed by atoms with van der Waals surface area (Å²) in [5.41, 5.74) is 10.2. The van der Waals surface area contributed by atoms with Crippen LogP contribution in [0.25, 0.3) is 0 Å². The molecule has 33 heavy (non-hydrogen) atoms. The first-order valence-electron chi connectivity index (χ1n) is 12.7. The monoisotopic (exact) mass is 564 g/mol. The minimum absolute atomic E-state index is 0. The van der Waals surface area contributed by atoms with E-state index in [1.807, 2.05) is 0 Å². The third-order valence-corrected chi connectivity index (χ3v) is 8.88. The molecule has 1 fully saturated rings. The van der Waals surface area contributed by atoms with Gasteiger partial charge in [0, 0.05) is 0 Å². The summed E-state index contributed by atoms with van der Waals surface area (Å²) < 4.78 is 1.80. The van der Waals surface area contributed by atoms with Crippen LogP contribution in [0.15, 0.2) is 24.3 Å². The van der Waals surface area contributed by atoms with Gasteiger partial charge in [0.2, 0.25) is 0 Å². The van der Waals surface area contributed by atoms with Gasteiger partial charge in [0.15, 0.2) is 0 Å². The summed E-state index contributed by atoms with van der Waals surface area (Å²) in [6.07, 6.45) is 15.3. The summed E-state index contributed by atoms with van der Waals surface area (Å²) >= 11 is 1.69. The quantitative estimate of drug-likeness (QED) is 0.430. The Kier molecular flexibility index (Phi) is 12.6. The van der Waals surface area contributed by atoms with Gasteiger partial charge in [-0.25, -0.2) is 12.1 Å². The number of hydrogen-bond donors (Lipinski definition) is 0. The third kappa shape index (κ3) is 8.58. The van der Waals surface area contributed by atoms with Crippen LogP contribution in [0.5, 0.6) is 0 Å². The molecule has 5 rings (SSSR count). The predicted octanol–water partition coefficient (Wildman–Crippen LogP) is 2.33. The van der Waals surface area contributed by atoms with Crippen molar-refractivity contribution in [1.29, 1.82) is 0 Å². The van der Waals surface area contributed by atoms with E-state index >= 15 is 0 Å². The number of fused-ring (bicyclic) bond motifs is 2. The molecule has 0 aromatic heterocycles. The zero-order chi connectivity index (χ0) is 22.6. The topological polar surface area (TPSA) is 0 Å². The zero-order valence-corrected chi connectivity index (χ0v) is 25.8. The van der Waals surface area contributed by atoms with E-state index in [9.17, 15) is 0 Å². The Labute approximate surface area is 231 Å². The summed E-state index contributed by atoms with van der Waals surface area (Å²) in [5.74, 6) is 0. The molecule has 0 nitrogen and oxygen atoms in total. The van der Waals surface area contributed by atoms with Crippen LogP contribution in [0.3, 0.4) is 0 Å². The molecular weight excluding hydrogens is 522 g/mol.